The third-order valence-electron chi connectivity index (χ3n) is 6.50. The van der Waals surface area contributed by atoms with Crippen molar-refractivity contribution in [1.29, 1.82) is 0 Å². The van der Waals surface area contributed by atoms with Crippen LogP contribution in [0.2, 0.25) is 0 Å². The Hall–Kier alpha value is -3.55. The molecule has 0 radical (unpaired) electrons. The van der Waals surface area contributed by atoms with Crippen molar-refractivity contribution in [2.75, 3.05) is 6.61 Å². The van der Waals surface area contributed by atoms with Gasteiger partial charge < -0.3 is 13.9 Å². The molecule has 0 N–H and O–H groups in total. The number of alkyl halides is 3. The van der Waals surface area contributed by atoms with Crippen molar-refractivity contribution in [3.05, 3.63) is 77.2 Å². The van der Waals surface area contributed by atoms with Gasteiger partial charge in [0.2, 0.25) is 5.89 Å². The summed E-state index contributed by atoms with van der Waals surface area (Å²) in [6.07, 6.45) is 2.74. The number of allylic oxidation sites excluding steroid dienone is 1. The molecule has 0 bridgehead atoms. The van der Waals surface area contributed by atoms with Gasteiger partial charge in [-0.25, -0.2) is 9.78 Å². The van der Waals surface area contributed by atoms with Gasteiger partial charge in [0.15, 0.2) is 0 Å². The van der Waals surface area contributed by atoms with Crippen molar-refractivity contribution in [2.24, 2.45) is 5.92 Å². The lowest BCUT2D eigenvalue weighted by Gasteiger charge is -2.25. The van der Waals surface area contributed by atoms with Crippen molar-refractivity contribution in [3.63, 3.8) is 0 Å². The first-order chi connectivity index (χ1) is 17.7. The third kappa shape index (κ3) is 6.81. The molecule has 1 heterocycles. The molecular weight excluding hydrogens is 483 g/mol. The van der Waals surface area contributed by atoms with Gasteiger partial charge in [-0.1, -0.05) is 31.4 Å². The number of aryl methyl sites for hydroxylation is 1. The normalized spacial score (nSPS) is 15.0. The summed E-state index contributed by atoms with van der Waals surface area (Å²) in [6.45, 7) is 3.97. The van der Waals surface area contributed by atoms with Crippen LogP contribution >= 0.6 is 0 Å². The molecule has 0 saturated heterocycles. The van der Waals surface area contributed by atoms with E-state index >= 15 is 0 Å². The highest BCUT2D eigenvalue weighted by atomic mass is 19.4. The number of benzene rings is 2. The van der Waals surface area contributed by atoms with E-state index in [0.29, 0.717) is 29.4 Å². The molecule has 196 valence electrons. The van der Waals surface area contributed by atoms with Crippen LogP contribution < -0.4 is 4.74 Å². The molecule has 1 aliphatic rings. The molecule has 5 nitrogen and oxygen atoms in total. The van der Waals surface area contributed by atoms with Crippen molar-refractivity contribution in [2.45, 2.75) is 58.7 Å². The van der Waals surface area contributed by atoms with Crippen molar-refractivity contribution >= 4 is 11.5 Å². The number of hydrogen-bond donors (Lipinski definition) is 0. The minimum absolute atomic E-state index is 0.125. The molecule has 0 unspecified atom stereocenters. The van der Waals surface area contributed by atoms with Crippen LogP contribution in [0.25, 0.3) is 17.0 Å². The fraction of sp³-hybridized carbons (Fsp3) is 0.379. The number of carbonyl (C=O) groups excluding carboxylic acids is 1. The van der Waals surface area contributed by atoms with E-state index in [-0.39, 0.29) is 24.4 Å². The molecule has 2 aromatic carbocycles. The Morgan fingerprint density at radius 1 is 1.11 bits per heavy atom. The summed E-state index contributed by atoms with van der Waals surface area (Å²) in [7, 11) is 0. The Kier molecular flexibility index (Phi) is 8.36. The van der Waals surface area contributed by atoms with E-state index in [2.05, 4.69) is 4.98 Å². The lowest BCUT2D eigenvalue weighted by molar-refractivity contribution is -0.138. The first kappa shape index (κ1) is 26.5. The van der Waals surface area contributed by atoms with E-state index in [4.69, 9.17) is 13.9 Å². The molecule has 37 heavy (non-hydrogen) atoms. The second-order valence-corrected chi connectivity index (χ2v) is 9.10. The molecular formula is C29H30F3NO4. The van der Waals surface area contributed by atoms with Crippen LogP contribution in [0, 0.1) is 12.8 Å². The average Bonchev–Trinajstić information content (AvgIpc) is 3.27. The Bertz CT molecular complexity index is 1240. The largest absolute Gasteiger partial charge is 0.487 e. The summed E-state index contributed by atoms with van der Waals surface area (Å²) in [6, 6.07) is 12.3. The van der Waals surface area contributed by atoms with Gasteiger partial charge in [-0.15, -0.1) is 0 Å². The Morgan fingerprint density at radius 3 is 2.51 bits per heavy atom. The van der Waals surface area contributed by atoms with Crippen LogP contribution in [0.1, 0.15) is 61.6 Å². The molecule has 0 atom stereocenters. The highest BCUT2D eigenvalue weighted by Gasteiger charge is 2.30. The van der Waals surface area contributed by atoms with Gasteiger partial charge in [-0.2, -0.15) is 13.2 Å². The van der Waals surface area contributed by atoms with Crippen molar-refractivity contribution in [3.8, 4) is 17.2 Å². The van der Waals surface area contributed by atoms with Crippen LogP contribution in [0.4, 0.5) is 13.2 Å². The van der Waals surface area contributed by atoms with Crippen LogP contribution in [0.3, 0.4) is 0 Å². The molecule has 1 aromatic heterocycles. The standard InChI is InChI=1S/C29H30F3NO4/c1-3-35-27(34)17-25(20-8-5-4-6-9-20)22-10-7-11-24(16-22)36-18-26-19(2)37-28(33-26)21-12-14-23(15-13-21)29(30,31)32/h7,10-17,20H,3-6,8-9,18H2,1-2H3/b25-17+. The molecule has 0 amide bonds. The number of rotatable bonds is 8. The first-order valence-corrected chi connectivity index (χ1v) is 12.5. The van der Waals surface area contributed by atoms with Gasteiger partial charge in [-0.3, -0.25) is 0 Å². The second-order valence-electron chi connectivity index (χ2n) is 9.10. The van der Waals surface area contributed by atoms with Gasteiger partial charge in [0.05, 0.1) is 12.2 Å². The molecule has 4 rings (SSSR count). The summed E-state index contributed by atoms with van der Waals surface area (Å²) >= 11 is 0. The fourth-order valence-electron chi connectivity index (χ4n) is 4.57. The average molecular weight is 514 g/mol. The zero-order valence-electron chi connectivity index (χ0n) is 20.9. The fourth-order valence-corrected chi connectivity index (χ4v) is 4.57. The quantitative estimate of drug-likeness (QED) is 0.227. The van der Waals surface area contributed by atoms with Gasteiger partial charge in [0, 0.05) is 11.6 Å². The molecule has 1 fully saturated rings. The summed E-state index contributed by atoms with van der Waals surface area (Å²) in [5.74, 6) is 1.31. The van der Waals surface area contributed by atoms with E-state index in [0.717, 1.165) is 49.0 Å². The molecule has 3 aromatic rings. The van der Waals surface area contributed by atoms with E-state index in [1.807, 2.05) is 24.3 Å². The van der Waals surface area contributed by atoms with E-state index in [9.17, 15) is 18.0 Å². The Morgan fingerprint density at radius 2 is 1.84 bits per heavy atom. The summed E-state index contributed by atoms with van der Waals surface area (Å²) in [4.78, 5) is 16.7. The van der Waals surface area contributed by atoms with Crippen LogP contribution in [-0.2, 0) is 22.3 Å². The predicted molar refractivity (Wildman–Crippen MR) is 134 cm³/mol. The van der Waals surface area contributed by atoms with Gasteiger partial charge in [0.25, 0.3) is 0 Å². The lowest BCUT2D eigenvalue weighted by Crippen LogP contribution is -2.11. The molecule has 1 aliphatic carbocycles. The molecule has 1 saturated carbocycles. The molecule has 0 spiro atoms. The zero-order chi connectivity index (χ0) is 26.4. The number of oxazole rings is 1. The summed E-state index contributed by atoms with van der Waals surface area (Å²) in [5.41, 5.74) is 2.15. The SMILES string of the molecule is CCOC(=O)/C=C(/c1cccc(OCc2nc(-c3ccc(C(F)(F)F)cc3)oc2C)c1)C1CCCCC1. The summed E-state index contributed by atoms with van der Waals surface area (Å²) in [5, 5.41) is 0. The van der Waals surface area contributed by atoms with Crippen LogP contribution in [0.15, 0.2) is 59.0 Å². The first-order valence-electron chi connectivity index (χ1n) is 12.5. The van der Waals surface area contributed by atoms with Crippen LogP contribution in [-0.4, -0.2) is 17.6 Å². The maximum atomic E-state index is 12.9. The second kappa shape index (κ2) is 11.7. The highest BCUT2D eigenvalue weighted by molar-refractivity contribution is 5.92. The van der Waals surface area contributed by atoms with E-state index in [1.54, 1.807) is 19.9 Å². The number of esters is 1. The number of ether oxygens (including phenoxy) is 2. The number of halogens is 3. The van der Waals surface area contributed by atoms with E-state index < -0.39 is 11.7 Å². The maximum absolute atomic E-state index is 12.9. The lowest BCUT2D eigenvalue weighted by atomic mass is 9.80. The third-order valence-corrected chi connectivity index (χ3v) is 6.50. The topological polar surface area (TPSA) is 61.6 Å². The van der Waals surface area contributed by atoms with Gasteiger partial charge in [-0.05, 0) is 80.1 Å². The molecule has 0 aliphatic heterocycles. The number of nitrogens with zero attached hydrogens (tertiary/aromatic N) is 1. The smallest absolute Gasteiger partial charge is 0.416 e. The monoisotopic (exact) mass is 513 g/mol. The Balaban J connectivity index is 1.50. The van der Waals surface area contributed by atoms with Gasteiger partial charge in [0.1, 0.15) is 23.8 Å². The Labute approximate surface area is 214 Å². The maximum Gasteiger partial charge on any atom is 0.416 e. The zero-order valence-corrected chi connectivity index (χ0v) is 20.9. The predicted octanol–water partition coefficient (Wildman–Crippen LogP) is 7.77. The minimum atomic E-state index is -4.40. The highest BCUT2D eigenvalue weighted by Crippen LogP contribution is 2.37. The number of carbonyl (C=O) groups is 1. The number of aromatic nitrogens is 1. The molecule has 8 heteroatoms. The van der Waals surface area contributed by atoms with Crippen molar-refractivity contribution < 1.29 is 31.9 Å². The number of hydrogen-bond acceptors (Lipinski definition) is 5. The van der Waals surface area contributed by atoms with E-state index in [1.165, 1.54) is 18.6 Å². The minimum Gasteiger partial charge on any atom is -0.487 e. The van der Waals surface area contributed by atoms with Crippen LogP contribution in [0.5, 0.6) is 5.75 Å². The summed E-state index contributed by atoms with van der Waals surface area (Å²) < 4.78 is 55.4. The van der Waals surface area contributed by atoms with Gasteiger partial charge >= 0.3 is 12.1 Å². The van der Waals surface area contributed by atoms with Crippen molar-refractivity contribution in [1.82, 2.24) is 4.98 Å².